The fourth-order valence-corrected chi connectivity index (χ4v) is 2.94. The summed E-state index contributed by atoms with van der Waals surface area (Å²) in [5, 5.41) is 11.2. The van der Waals surface area contributed by atoms with Crippen LogP contribution in [0.4, 0.5) is 5.69 Å². The number of hydrogen-bond donors (Lipinski definition) is 1. The molecule has 27 heavy (non-hydrogen) atoms. The molecule has 1 aliphatic rings. The predicted octanol–water partition coefficient (Wildman–Crippen LogP) is 3.52. The number of cyclic esters (lactones) is 1. The molecule has 0 saturated heterocycles. The Morgan fingerprint density at radius 1 is 1.11 bits per heavy atom. The van der Waals surface area contributed by atoms with Crippen LogP contribution in [0.25, 0.3) is 23.2 Å². The lowest BCUT2D eigenvalue weighted by Gasteiger charge is -2.00. The molecule has 1 N–H and O–H groups in total. The first kappa shape index (κ1) is 16.5. The Hall–Kier alpha value is -3.94. The van der Waals surface area contributed by atoms with E-state index in [9.17, 15) is 19.7 Å². The third-order valence-corrected chi connectivity index (χ3v) is 4.11. The van der Waals surface area contributed by atoms with Crippen LogP contribution in [0, 0.1) is 17.0 Å². The number of carbonyl (C=O) groups excluding carboxylic acids is 1. The van der Waals surface area contributed by atoms with Crippen molar-refractivity contribution >= 4 is 23.5 Å². The molecule has 0 spiro atoms. The number of fused-ring (bicyclic) bond motifs is 1. The number of para-hydroxylation sites is 1. The number of ether oxygens (including phenoxy) is 1. The van der Waals surface area contributed by atoms with Crippen LogP contribution >= 0.6 is 0 Å². The summed E-state index contributed by atoms with van der Waals surface area (Å²) in [7, 11) is 0. The van der Waals surface area contributed by atoms with E-state index in [2.05, 4.69) is 4.98 Å². The first-order valence-electron chi connectivity index (χ1n) is 7.96. The normalized spacial score (nSPS) is 14.3. The van der Waals surface area contributed by atoms with Crippen molar-refractivity contribution < 1.29 is 18.9 Å². The van der Waals surface area contributed by atoms with Gasteiger partial charge in [-0.15, -0.1) is 0 Å². The Bertz CT molecular complexity index is 1180. The van der Waals surface area contributed by atoms with Gasteiger partial charge in [0.05, 0.1) is 10.5 Å². The van der Waals surface area contributed by atoms with Crippen LogP contribution < -0.4 is 5.56 Å². The van der Waals surface area contributed by atoms with Crippen LogP contribution in [0.15, 0.2) is 51.7 Å². The lowest BCUT2D eigenvalue weighted by atomic mass is 10.1. The van der Waals surface area contributed by atoms with Gasteiger partial charge < -0.3 is 14.1 Å². The van der Waals surface area contributed by atoms with Crippen molar-refractivity contribution in [2.45, 2.75) is 6.92 Å². The molecule has 0 bridgehead atoms. The van der Waals surface area contributed by atoms with Gasteiger partial charge in [0.2, 0.25) is 0 Å². The van der Waals surface area contributed by atoms with Gasteiger partial charge in [-0.2, -0.15) is 0 Å². The molecule has 3 aromatic rings. The van der Waals surface area contributed by atoms with Crippen molar-refractivity contribution in [2.24, 2.45) is 0 Å². The lowest BCUT2D eigenvalue weighted by molar-refractivity contribution is -0.384. The van der Waals surface area contributed by atoms with E-state index >= 15 is 0 Å². The number of aromatic amines is 1. The fraction of sp³-hybridized carbons (Fsp3) is 0.0526. The Kier molecular flexibility index (Phi) is 3.73. The van der Waals surface area contributed by atoms with E-state index in [1.807, 2.05) is 0 Å². The first-order valence-corrected chi connectivity index (χ1v) is 7.96. The highest BCUT2D eigenvalue weighted by atomic mass is 16.6. The maximum Gasteiger partial charge on any atom is 0.349 e. The fourth-order valence-electron chi connectivity index (χ4n) is 2.94. The predicted molar refractivity (Wildman–Crippen MR) is 95.9 cm³/mol. The second-order valence-electron chi connectivity index (χ2n) is 5.94. The minimum absolute atomic E-state index is 0.0580. The number of hydrogen-bond acceptors (Lipinski definition) is 6. The summed E-state index contributed by atoms with van der Waals surface area (Å²) in [6, 6.07) is 11.1. The number of pyridine rings is 1. The van der Waals surface area contributed by atoms with Gasteiger partial charge >= 0.3 is 5.97 Å². The van der Waals surface area contributed by atoms with E-state index < -0.39 is 16.5 Å². The molecule has 0 fully saturated rings. The highest BCUT2D eigenvalue weighted by Crippen LogP contribution is 2.33. The second-order valence-corrected chi connectivity index (χ2v) is 5.94. The number of carbonyl (C=O) groups is 1. The van der Waals surface area contributed by atoms with Crippen molar-refractivity contribution in [2.75, 3.05) is 0 Å². The lowest BCUT2D eigenvalue weighted by Crippen LogP contribution is -2.16. The van der Waals surface area contributed by atoms with Crippen molar-refractivity contribution in [3.63, 3.8) is 0 Å². The summed E-state index contributed by atoms with van der Waals surface area (Å²) in [4.78, 5) is 37.2. The molecule has 0 saturated carbocycles. The van der Waals surface area contributed by atoms with Gasteiger partial charge in [-0.05, 0) is 31.2 Å². The van der Waals surface area contributed by atoms with Crippen LogP contribution in [0.3, 0.4) is 0 Å². The monoisotopic (exact) mass is 364 g/mol. The maximum atomic E-state index is 12.0. The van der Waals surface area contributed by atoms with Gasteiger partial charge in [-0.1, -0.05) is 12.1 Å². The number of nitro groups is 1. The van der Waals surface area contributed by atoms with E-state index in [0.717, 1.165) is 0 Å². The van der Waals surface area contributed by atoms with Crippen molar-refractivity contribution in [1.82, 2.24) is 4.98 Å². The average molecular weight is 364 g/mol. The molecular weight excluding hydrogens is 352 g/mol. The zero-order chi connectivity index (χ0) is 19.1. The summed E-state index contributed by atoms with van der Waals surface area (Å²) >= 11 is 0. The van der Waals surface area contributed by atoms with Crippen molar-refractivity contribution in [3.05, 3.63) is 85.5 Å². The molecule has 0 aliphatic carbocycles. The number of nitrogens with one attached hydrogen (secondary N) is 1. The third kappa shape index (κ3) is 2.82. The molecule has 1 aliphatic heterocycles. The zero-order valence-corrected chi connectivity index (χ0v) is 14.0. The number of aromatic nitrogens is 1. The largest absolute Gasteiger partial charge is 0.456 e. The molecule has 2 aromatic heterocycles. The van der Waals surface area contributed by atoms with E-state index in [4.69, 9.17) is 9.15 Å². The molecule has 0 atom stereocenters. The second kappa shape index (κ2) is 6.10. The average Bonchev–Trinajstić information content (AvgIpc) is 3.20. The van der Waals surface area contributed by atoms with Gasteiger partial charge in [0.1, 0.15) is 22.8 Å². The molecule has 4 rings (SSSR count). The minimum Gasteiger partial charge on any atom is -0.456 e. The standard InChI is InChI=1S/C19H12N2O6/c1-10-8-13-16(27-19(23)17(13)18(22)20-10)9-11-6-7-15(26-11)12-4-2-3-5-14(12)21(24)25/h2-9H,1H3,(H,20,22)/b16-9+. The number of benzene rings is 1. The smallest absolute Gasteiger partial charge is 0.349 e. The van der Waals surface area contributed by atoms with Gasteiger partial charge in [0.25, 0.3) is 11.2 Å². The van der Waals surface area contributed by atoms with Crippen LogP contribution in [0.1, 0.15) is 27.4 Å². The van der Waals surface area contributed by atoms with Crippen LogP contribution in [0.2, 0.25) is 0 Å². The topological polar surface area (TPSA) is 115 Å². The zero-order valence-electron chi connectivity index (χ0n) is 14.0. The van der Waals surface area contributed by atoms with Crippen LogP contribution in [0.5, 0.6) is 0 Å². The quantitative estimate of drug-likeness (QED) is 0.432. The highest BCUT2D eigenvalue weighted by Gasteiger charge is 2.30. The Morgan fingerprint density at radius 3 is 2.67 bits per heavy atom. The SMILES string of the molecule is Cc1cc2c(c(=O)[nH]1)C(=O)O/C2=C/c1ccc(-c2ccccc2[N+](=O)[O-])o1. The molecular formula is C19H12N2O6. The Labute approximate surface area is 151 Å². The molecule has 134 valence electrons. The number of esters is 1. The first-order chi connectivity index (χ1) is 12.9. The number of furan rings is 1. The van der Waals surface area contributed by atoms with Crippen molar-refractivity contribution in [1.29, 1.82) is 0 Å². The van der Waals surface area contributed by atoms with Gasteiger partial charge in [0.15, 0.2) is 0 Å². The third-order valence-electron chi connectivity index (χ3n) is 4.11. The van der Waals surface area contributed by atoms with Crippen molar-refractivity contribution in [3.8, 4) is 11.3 Å². The molecule has 8 heteroatoms. The summed E-state index contributed by atoms with van der Waals surface area (Å²) in [6.45, 7) is 1.70. The number of H-pyrrole nitrogens is 1. The van der Waals surface area contributed by atoms with Gasteiger partial charge in [0, 0.05) is 23.4 Å². The molecule has 0 unspecified atom stereocenters. The van der Waals surface area contributed by atoms with Crippen LogP contribution in [-0.2, 0) is 4.74 Å². The Morgan fingerprint density at radius 2 is 1.89 bits per heavy atom. The summed E-state index contributed by atoms with van der Waals surface area (Å²) in [5.74, 6) is 0.0909. The number of nitrogens with zero attached hydrogens (tertiary/aromatic N) is 1. The van der Waals surface area contributed by atoms with Gasteiger partial charge in [-0.3, -0.25) is 14.9 Å². The van der Waals surface area contributed by atoms with E-state index in [0.29, 0.717) is 28.3 Å². The summed E-state index contributed by atoms with van der Waals surface area (Å²) in [6.07, 6.45) is 1.47. The molecule has 1 aromatic carbocycles. The molecule has 0 radical (unpaired) electrons. The van der Waals surface area contributed by atoms with E-state index in [1.54, 1.807) is 43.3 Å². The molecule has 3 heterocycles. The number of nitro benzene ring substituents is 1. The Balaban J connectivity index is 1.76. The highest BCUT2D eigenvalue weighted by molar-refractivity contribution is 6.05. The minimum atomic E-state index is -0.733. The number of rotatable bonds is 3. The summed E-state index contributed by atoms with van der Waals surface area (Å²) < 4.78 is 10.9. The van der Waals surface area contributed by atoms with Crippen LogP contribution in [-0.4, -0.2) is 15.9 Å². The summed E-state index contributed by atoms with van der Waals surface area (Å²) in [5.41, 5.74) is 0.651. The van der Waals surface area contributed by atoms with Gasteiger partial charge in [-0.25, -0.2) is 4.79 Å². The van der Waals surface area contributed by atoms with E-state index in [-0.39, 0.29) is 17.0 Å². The molecule has 0 amide bonds. The molecule has 8 nitrogen and oxygen atoms in total. The van der Waals surface area contributed by atoms with E-state index in [1.165, 1.54) is 12.1 Å². The maximum absolute atomic E-state index is 12.0. The number of aryl methyl sites for hydroxylation is 1.